The fourth-order valence-electron chi connectivity index (χ4n) is 3.09. The molecular formula is C23H21N3OS. The molecule has 5 heteroatoms. The zero-order valence-electron chi connectivity index (χ0n) is 15.6. The lowest BCUT2D eigenvalue weighted by molar-refractivity contribution is -0.115. The summed E-state index contributed by atoms with van der Waals surface area (Å²) in [6.07, 6.45) is 4.44. The van der Waals surface area contributed by atoms with Crippen molar-refractivity contribution in [3.05, 3.63) is 84.7 Å². The van der Waals surface area contributed by atoms with Crippen LogP contribution in [-0.2, 0) is 4.79 Å². The van der Waals surface area contributed by atoms with Gasteiger partial charge < -0.3 is 9.72 Å². The van der Waals surface area contributed by atoms with E-state index in [1.165, 1.54) is 4.90 Å². The number of carbonyl (C=O) groups excluding carboxylic acids is 1. The van der Waals surface area contributed by atoms with Gasteiger partial charge in [0.15, 0.2) is 0 Å². The minimum absolute atomic E-state index is 0.0100. The lowest BCUT2D eigenvalue weighted by Crippen LogP contribution is -2.12. The second kappa shape index (κ2) is 8.31. The number of para-hydroxylation sites is 1. The van der Waals surface area contributed by atoms with Crippen molar-refractivity contribution in [2.75, 3.05) is 11.1 Å². The van der Waals surface area contributed by atoms with Crippen molar-refractivity contribution in [3.63, 3.8) is 0 Å². The third kappa shape index (κ3) is 4.10. The number of hydrogen-bond acceptors (Lipinski definition) is 3. The summed E-state index contributed by atoms with van der Waals surface area (Å²) >= 11 is 1.69. The molecule has 0 radical (unpaired) electrons. The number of rotatable bonds is 6. The molecule has 4 aromatic rings. The molecule has 0 aliphatic rings. The van der Waals surface area contributed by atoms with E-state index in [0.717, 1.165) is 33.9 Å². The Morgan fingerprint density at radius 1 is 1.04 bits per heavy atom. The Morgan fingerprint density at radius 3 is 2.64 bits per heavy atom. The van der Waals surface area contributed by atoms with Crippen LogP contribution < -0.4 is 5.32 Å². The average Bonchev–Trinajstić information content (AvgIpc) is 3.15. The van der Waals surface area contributed by atoms with Gasteiger partial charge in [-0.2, -0.15) is 0 Å². The van der Waals surface area contributed by atoms with E-state index in [4.69, 9.17) is 4.98 Å². The Kier molecular flexibility index (Phi) is 5.44. The predicted molar refractivity (Wildman–Crippen MR) is 116 cm³/mol. The number of pyridine rings is 1. The van der Waals surface area contributed by atoms with E-state index in [0.29, 0.717) is 6.42 Å². The first-order valence-electron chi connectivity index (χ1n) is 9.22. The SMILES string of the molecule is Cc1cccn2cc(-c3ccccc3NC(=O)CCSc3ccccc3)nc12. The molecular weight excluding hydrogens is 366 g/mol. The van der Waals surface area contributed by atoms with Gasteiger partial charge in [-0.15, -0.1) is 11.8 Å². The number of nitrogens with zero attached hydrogens (tertiary/aromatic N) is 2. The third-order valence-electron chi connectivity index (χ3n) is 4.50. The van der Waals surface area contributed by atoms with Crippen LogP contribution in [0, 0.1) is 6.92 Å². The topological polar surface area (TPSA) is 46.4 Å². The minimum Gasteiger partial charge on any atom is -0.325 e. The minimum atomic E-state index is 0.0100. The van der Waals surface area contributed by atoms with E-state index in [2.05, 4.69) is 17.4 Å². The lowest BCUT2D eigenvalue weighted by atomic mass is 10.1. The number of benzene rings is 2. The Labute approximate surface area is 168 Å². The smallest absolute Gasteiger partial charge is 0.225 e. The van der Waals surface area contributed by atoms with Crippen molar-refractivity contribution in [3.8, 4) is 11.3 Å². The highest BCUT2D eigenvalue weighted by Crippen LogP contribution is 2.28. The highest BCUT2D eigenvalue weighted by Gasteiger charge is 2.12. The van der Waals surface area contributed by atoms with Crippen LogP contribution in [0.3, 0.4) is 0 Å². The second-order valence-corrected chi connectivity index (χ2v) is 7.72. The van der Waals surface area contributed by atoms with E-state index in [9.17, 15) is 4.79 Å². The number of imidazole rings is 1. The molecule has 0 saturated heterocycles. The lowest BCUT2D eigenvalue weighted by Gasteiger charge is -2.09. The van der Waals surface area contributed by atoms with Crippen molar-refractivity contribution in [1.82, 2.24) is 9.38 Å². The monoisotopic (exact) mass is 387 g/mol. The van der Waals surface area contributed by atoms with Crippen molar-refractivity contribution in [2.45, 2.75) is 18.2 Å². The van der Waals surface area contributed by atoms with E-state index in [1.54, 1.807) is 11.8 Å². The molecule has 1 amide bonds. The molecule has 0 bridgehead atoms. The molecule has 0 unspecified atom stereocenters. The second-order valence-electron chi connectivity index (χ2n) is 6.55. The Morgan fingerprint density at radius 2 is 1.82 bits per heavy atom. The predicted octanol–water partition coefficient (Wildman–Crippen LogP) is 5.43. The normalized spacial score (nSPS) is 10.9. The number of thioether (sulfide) groups is 1. The van der Waals surface area contributed by atoms with Gasteiger partial charge in [0.05, 0.1) is 11.4 Å². The summed E-state index contributed by atoms with van der Waals surface area (Å²) in [7, 11) is 0. The zero-order valence-corrected chi connectivity index (χ0v) is 16.4. The van der Waals surface area contributed by atoms with Crippen LogP contribution in [0.25, 0.3) is 16.9 Å². The van der Waals surface area contributed by atoms with Crippen LogP contribution in [0.5, 0.6) is 0 Å². The number of amides is 1. The van der Waals surface area contributed by atoms with Crippen LogP contribution in [-0.4, -0.2) is 21.0 Å². The molecule has 0 atom stereocenters. The number of nitrogens with one attached hydrogen (secondary N) is 1. The van der Waals surface area contributed by atoms with Crippen LogP contribution in [0.4, 0.5) is 5.69 Å². The van der Waals surface area contributed by atoms with E-state index in [1.807, 2.05) is 78.3 Å². The van der Waals surface area contributed by atoms with E-state index >= 15 is 0 Å². The molecule has 0 saturated carbocycles. The average molecular weight is 388 g/mol. The number of hydrogen-bond donors (Lipinski definition) is 1. The van der Waals surface area contributed by atoms with Gasteiger partial charge in [-0.25, -0.2) is 4.98 Å². The maximum atomic E-state index is 12.5. The maximum absolute atomic E-state index is 12.5. The molecule has 0 fully saturated rings. The van der Waals surface area contributed by atoms with Crippen molar-refractivity contribution < 1.29 is 4.79 Å². The first-order chi connectivity index (χ1) is 13.7. The highest BCUT2D eigenvalue weighted by molar-refractivity contribution is 7.99. The van der Waals surface area contributed by atoms with E-state index < -0.39 is 0 Å². The van der Waals surface area contributed by atoms with Crippen LogP contribution >= 0.6 is 11.8 Å². The molecule has 2 aromatic heterocycles. The number of aryl methyl sites for hydroxylation is 1. The summed E-state index contributed by atoms with van der Waals surface area (Å²) in [6, 6.07) is 22.0. The molecule has 1 N–H and O–H groups in total. The van der Waals surface area contributed by atoms with Gasteiger partial charge in [-0.1, -0.05) is 42.5 Å². The Bertz CT molecular complexity index is 1110. The number of anilines is 1. The summed E-state index contributed by atoms with van der Waals surface area (Å²) in [5, 5.41) is 3.05. The molecule has 4 nitrogen and oxygen atoms in total. The zero-order chi connectivity index (χ0) is 19.3. The van der Waals surface area contributed by atoms with Crippen molar-refractivity contribution >= 4 is 29.0 Å². The first kappa shape index (κ1) is 18.3. The molecule has 0 aliphatic carbocycles. The van der Waals surface area contributed by atoms with Gasteiger partial charge in [0.25, 0.3) is 0 Å². The summed E-state index contributed by atoms with van der Waals surface area (Å²) < 4.78 is 2.01. The molecule has 0 spiro atoms. The van der Waals surface area contributed by atoms with Gasteiger partial charge in [0.1, 0.15) is 5.65 Å². The molecule has 28 heavy (non-hydrogen) atoms. The van der Waals surface area contributed by atoms with Crippen LogP contribution in [0.15, 0.2) is 84.0 Å². The molecule has 0 aliphatic heterocycles. The van der Waals surface area contributed by atoms with Gasteiger partial charge in [0.2, 0.25) is 5.91 Å². The van der Waals surface area contributed by atoms with Crippen LogP contribution in [0.1, 0.15) is 12.0 Å². The van der Waals surface area contributed by atoms with Crippen molar-refractivity contribution in [1.29, 1.82) is 0 Å². The molecule has 2 heterocycles. The summed E-state index contributed by atoms with van der Waals surface area (Å²) in [5.41, 5.74) is 4.61. The largest absolute Gasteiger partial charge is 0.325 e. The fraction of sp³-hybridized carbons (Fsp3) is 0.130. The summed E-state index contributed by atoms with van der Waals surface area (Å²) in [6.45, 7) is 2.05. The molecule has 140 valence electrons. The van der Waals surface area contributed by atoms with E-state index in [-0.39, 0.29) is 5.91 Å². The quantitative estimate of drug-likeness (QED) is 0.449. The van der Waals surface area contributed by atoms with Gasteiger partial charge in [-0.3, -0.25) is 4.79 Å². The number of fused-ring (bicyclic) bond motifs is 1. The molecule has 4 rings (SSSR count). The van der Waals surface area contributed by atoms with Gasteiger partial charge in [-0.05, 0) is 36.8 Å². The maximum Gasteiger partial charge on any atom is 0.225 e. The summed E-state index contributed by atoms with van der Waals surface area (Å²) in [4.78, 5) is 18.4. The number of carbonyl (C=O) groups is 1. The van der Waals surface area contributed by atoms with Crippen LogP contribution in [0.2, 0.25) is 0 Å². The number of aromatic nitrogens is 2. The third-order valence-corrected chi connectivity index (χ3v) is 5.51. The Balaban J connectivity index is 1.48. The van der Waals surface area contributed by atoms with Gasteiger partial charge in [0, 0.05) is 35.0 Å². The van der Waals surface area contributed by atoms with Crippen molar-refractivity contribution in [2.24, 2.45) is 0 Å². The Hall–Kier alpha value is -3.05. The fourth-order valence-corrected chi connectivity index (χ4v) is 3.96. The molecule has 2 aromatic carbocycles. The first-order valence-corrected chi connectivity index (χ1v) is 10.2. The van der Waals surface area contributed by atoms with Gasteiger partial charge >= 0.3 is 0 Å². The highest BCUT2D eigenvalue weighted by atomic mass is 32.2. The standard InChI is InChI=1S/C23H21N3OS/c1-17-8-7-14-26-16-21(25-23(17)26)19-11-5-6-12-20(19)24-22(27)13-15-28-18-9-3-2-4-10-18/h2-12,14,16H,13,15H2,1H3,(H,24,27). The summed E-state index contributed by atoms with van der Waals surface area (Å²) in [5.74, 6) is 0.752.